The molecule has 0 spiro atoms. The fourth-order valence-electron chi connectivity index (χ4n) is 1.16. The lowest BCUT2D eigenvalue weighted by Gasteiger charge is -2.06. The van der Waals surface area contributed by atoms with Crippen LogP contribution < -0.4 is 11.1 Å². The van der Waals surface area contributed by atoms with Gasteiger partial charge in [-0.05, 0) is 11.6 Å². The van der Waals surface area contributed by atoms with Crippen LogP contribution in [-0.2, 0) is 10.5 Å². The highest BCUT2D eigenvalue weighted by molar-refractivity contribution is 7.99. The van der Waals surface area contributed by atoms with Gasteiger partial charge in [-0.15, -0.1) is 11.8 Å². The molecule has 0 bridgehead atoms. The van der Waals surface area contributed by atoms with Crippen molar-refractivity contribution in [3.8, 4) is 0 Å². The van der Waals surface area contributed by atoms with Gasteiger partial charge in [0.2, 0.25) is 5.91 Å². The van der Waals surface area contributed by atoms with Gasteiger partial charge in [-0.1, -0.05) is 23.7 Å². The zero-order valence-electron chi connectivity index (χ0n) is 9.42. The number of benzene rings is 1. The molecule has 6 heteroatoms. The molecule has 1 amide bonds. The summed E-state index contributed by atoms with van der Waals surface area (Å²) in [5.74, 6) is 1.05. The molecule has 0 aliphatic rings. The number of hydrogen-bond acceptors (Lipinski definition) is 3. The number of amidine groups is 1. The summed E-state index contributed by atoms with van der Waals surface area (Å²) in [5, 5.41) is 10.4. The summed E-state index contributed by atoms with van der Waals surface area (Å²) in [6.45, 7) is 0. The van der Waals surface area contributed by atoms with Crippen LogP contribution in [0.1, 0.15) is 11.1 Å². The summed E-state index contributed by atoms with van der Waals surface area (Å²) in [7, 11) is 1.61. The normalized spacial score (nSPS) is 10.0. The van der Waals surface area contributed by atoms with Gasteiger partial charge in [0.1, 0.15) is 5.84 Å². The third-order valence-electron chi connectivity index (χ3n) is 2.13. The number of nitrogens with one attached hydrogen (secondary N) is 2. The second-order valence-electron chi connectivity index (χ2n) is 3.39. The molecule has 17 heavy (non-hydrogen) atoms. The van der Waals surface area contributed by atoms with Gasteiger partial charge in [0, 0.05) is 23.4 Å². The molecule has 4 nitrogen and oxygen atoms in total. The SMILES string of the molecule is CNC(=O)CSCc1ccc(C(=N)N)cc1Cl. The van der Waals surface area contributed by atoms with E-state index < -0.39 is 0 Å². The number of carbonyl (C=O) groups excluding carboxylic acids is 1. The van der Waals surface area contributed by atoms with Crippen molar-refractivity contribution >= 4 is 35.1 Å². The van der Waals surface area contributed by atoms with E-state index in [1.165, 1.54) is 11.8 Å². The van der Waals surface area contributed by atoms with E-state index in [9.17, 15) is 4.79 Å². The largest absolute Gasteiger partial charge is 0.384 e. The van der Waals surface area contributed by atoms with Crippen LogP contribution in [0.15, 0.2) is 18.2 Å². The maximum atomic E-state index is 11.0. The van der Waals surface area contributed by atoms with E-state index in [1.807, 2.05) is 6.07 Å². The van der Waals surface area contributed by atoms with Gasteiger partial charge in [-0.3, -0.25) is 10.2 Å². The van der Waals surface area contributed by atoms with Crippen molar-refractivity contribution in [2.24, 2.45) is 5.73 Å². The average molecular weight is 272 g/mol. The molecule has 0 radical (unpaired) electrons. The molecule has 4 N–H and O–H groups in total. The van der Waals surface area contributed by atoms with Crippen molar-refractivity contribution in [3.63, 3.8) is 0 Å². The summed E-state index contributed by atoms with van der Waals surface area (Å²) in [6.07, 6.45) is 0. The monoisotopic (exact) mass is 271 g/mol. The lowest BCUT2D eigenvalue weighted by Crippen LogP contribution is -2.19. The minimum atomic E-state index is -0.00789. The lowest BCUT2D eigenvalue weighted by molar-refractivity contribution is -0.118. The van der Waals surface area contributed by atoms with Crippen LogP contribution >= 0.6 is 23.4 Å². The zero-order chi connectivity index (χ0) is 12.8. The van der Waals surface area contributed by atoms with E-state index in [2.05, 4.69) is 5.32 Å². The molecular weight excluding hydrogens is 258 g/mol. The number of hydrogen-bond donors (Lipinski definition) is 3. The van der Waals surface area contributed by atoms with Gasteiger partial charge < -0.3 is 11.1 Å². The summed E-state index contributed by atoms with van der Waals surface area (Å²) >= 11 is 7.54. The molecule has 0 aromatic heterocycles. The Balaban J connectivity index is 2.60. The van der Waals surface area contributed by atoms with Crippen LogP contribution in [0, 0.1) is 5.41 Å². The first-order chi connectivity index (χ1) is 8.04. The molecule has 0 saturated heterocycles. The minimum Gasteiger partial charge on any atom is -0.384 e. The number of thioether (sulfide) groups is 1. The molecule has 0 atom stereocenters. The van der Waals surface area contributed by atoms with Gasteiger partial charge in [0.05, 0.1) is 5.75 Å². The van der Waals surface area contributed by atoms with Gasteiger partial charge in [-0.2, -0.15) is 0 Å². The Labute approximate surface area is 109 Å². The van der Waals surface area contributed by atoms with Crippen molar-refractivity contribution in [3.05, 3.63) is 34.3 Å². The molecule has 0 aliphatic heterocycles. The fourth-order valence-corrected chi connectivity index (χ4v) is 2.39. The van der Waals surface area contributed by atoms with E-state index >= 15 is 0 Å². The first-order valence-electron chi connectivity index (χ1n) is 4.95. The smallest absolute Gasteiger partial charge is 0.229 e. The Morgan fingerprint density at radius 1 is 1.59 bits per heavy atom. The Bertz CT molecular complexity index is 437. The summed E-state index contributed by atoms with van der Waals surface area (Å²) in [5.41, 5.74) is 6.90. The van der Waals surface area contributed by atoms with E-state index in [0.29, 0.717) is 22.1 Å². The lowest BCUT2D eigenvalue weighted by atomic mass is 10.1. The standard InChI is InChI=1S/C11H14ClN3OS/c1-15-10(16)6-17-5-8-3-2-7(11(13)14)4-9(8)12/h2-4H,5-6H2,1H3,(H3,13,14)(H,15,16). The molecule has 0 fully saturated rings. The number of halogens is 1. The zero-order valence-corrected chi connectivity index (χ0v) is 11.0. The predicted molar refractivity (Wildman–Crippen MR) is 72.7 cm³/mol. The van der Waals surface area contributed by atoms with Gasteiger partial charge in [-0.25, -0.2) is 0 Å². The molecule has 0 aliphatic carbocycles. The Hall–Kier alpha value is -1.20. The number of nitrogen functional groups attached to an aromatic ring is 1. The summed E-state index contributed by atoms with van der Waals surface area (Å²) in [4.78, 5) is 11.0. The van der Waals surface area contributed by atoms with Crippen molar-refractivity contribution in [1.29, 1.82) is 5.41 Å². The number of amides is 1. The van der Waals surface area contributed by atoms with Crippen LogP contribution in [0.25, 0.3) is 0 Å². The van der Waals surface area contributed by atoms with Crippen molar-refractivity contribution in [1.82, 2.24) is 5.32 Å². The average Bonchev–Trinajstić information content (AvgIpc) is 2.30. The van der Waals surface area contributed by atoms with Gasteiger partial charge in [0.25, 0.3) is 0 Å². The first-order valence-corrected chi connectivity index (χ1v) is 6.49. The third-order valence-corrected chi connectivity index (χ3v) is 3.47. The van der Waals surface area contributed by atoms with Crippen LogP contribution in [0.5, 0.6) is 0 Å². The van der Waals surface area contributed by atoms with E-state index in [4.69, 9.17) is 22.7 Å². The second-order valence-corrected chi connectivity index (χ2v) is 4.78. The van der Waals surface area contributed by atoms with E-state index in [0.717, 1.165) is 5.56 Å². The van der Waals surface area contributed by atoms with Crippen molar-refractivity contribution < 1.29 is 4.79 Å². The molecule has 0 saturated carbocycles. The highest BCUT2D eigenvalue weighted by Crippen LogP contribution is 2.22. The van der Waals surface area contributed by atoms with E-state index in [1.54, 1.807) is 19.2 Å². The molecular formula is C11H14ClN3OS. The van der Waals surface area contributed by atoms with Crippen molar-refractivity contribution in [2.45, 2.75) is 5.75 Å². The minimum absolute atomic E-state index is 0.00327. The highest BCUT2D eigenvalue weighted by Gasteiger charge is 2.05. The third kappa shape index (κ3) is 4.28. The van der Waals surface area contributed by atoms with Crippen LogP contribution in [-0.4, -0.2) is 24.5 Å². The number of nitrogens with two attached hydrogens (primary N) is 1. The number of carbonyl (C=O) groups is 1. The molecule has 0 unspecified atom stereocenters. The quantitative estimate of drug-likeness (QED) is 0.562. The Morgan fingerprint density at radius 2 is 2.29 bits per heavy atom. The maximum Gasteiger partial charge on any atom is 0.229 e. The summed E-state index contributed by atoms with van der Waals surface area (Å²) < 4.78 is 0. The molecule has 1 aromatic rings. The summed E-state index contributed by atoms with van der Waals surface area (Å²) in [6, 6.07) is 5.25. The van der Waals surface area contributed by atoms with E-state index in [-0.39, 0.29) is 11.7 Å². The molecule has 92 valence electrons. The fraction of sp³-hybridized carbons (Fsp3) is 0.273. The van der Waals surface area contributed by atoms with Gasteiger partial charge in [0.15, 0.2) is 0 Å². The van der Waals surface area contributed by atoms with Gasteiger partial charge >= 0.3 is 0 Å². The van der Waals surface area contributed by atoms with Crippen molar-refractivity contribution in [2.75, 3.05) is 12.8 Å². The molecule has 0 heterocycles. The Kier molecular flexibility index (Phi) is 5.31. The Morgan fingerprint density at radius 3 is 2.82 bits per heavy atom. The number of rotatable bonds is 5. The first kappa shape index (κ1) is 13.9. The molecule has 1 rings (SSSR count). The topological polar surface area (TPSA) is 79.0 Å². The van der Waals surface area contributed by atoms with Crippen LogP contribution in [0.2, 0.25) is 5.02 Å². The second kappa shape index (κ2) is 6.51. The predicted octanol–water partition coefficient (Wildman–Crippen LogP) is 1.60. The van der Waals surface area contributed by atoms with Crippen LogP contribution in [0.3, 0.4) is 0 Å². The molecule has 1 aromatic carbocycles. The highest BCUT2D eigenvalue weighted by atomic mass is 35.5. The van der Waals surface area contributed by atoms with Crippen LogP contribution in [0.4, 0.5) is 0 Å². The maximum absolute atomic E-state index is 11.0.